The summed E-state index contributed by atoms with van der Waals surface area (Å²) in [6, 6.07) is 6.82. The number of amides is 4. The molecule has 0 saturated carbocycles. The summed E-state index contributed by atoms with van der Waals surface area (Å²) in [6.07, 6.45) is 1.39. The number of anilines is 1. The molecule has 4 amide bonds. The van der Waals surface area contributed by atoms with E-state index >= 15 is 0 Å². The molecule has 1 saturated heterocycles. The molecule has 1 N–H and O–H groups in total. The van der Waals surface area contributed by atoms with Crippen molar-refractivity contribution in [2.75, 3.05) is 11.5 Å². The molecule has 0 spiro atoms. The van der Waals surface area contributed by atoms with E-state index in [0.29, 0.717) is 26.9 Å². The van der Waals surface area contributed by atoms with Crippen LogP contribution in [0.1, 0.15) is 12.5 Å². The van der Waals surface area contributed by atoms with Crippen molar-refractivity contribution in [3.05, 3.63) is 60.5 Å². The Morgan fingerprint density at radius 1 is 1.07 bits per heavy atom. The van der Waals surface area contributed by atoms with E-state index in [2.05, 4.69) is 37.2 Å². The lowest BCUT2D eigenvalue weighted by Gasteiger charge is -2.26. The van der Waals surface area contributed by atoms with Gasteiger partial charge in [0.05, 0.1) is 31.3 Å². The summed E-state index contributed by atoms with van der Waals surface area (Å²) < 4.78 is 6.81. The zero-order valence-corrected chi connectivity index (χ0v) is 19.4. The molecular formula is C19H12Br2Cl2N2O4. The number of carbonyl (C=O) groups excluding carboxylic acids is 3. The Balaban J connectivity index is 2.02. The van der Waals surface area contributed by atoms with Crippen LogP contribution in [0.5, 0.6) is 5.75 Å². The third kappa shape index (κ3) is 4.50. The van der Waals surface area contributed by atoms with Crippen LogP contribution in [0.4, 0.5) is 10.5 Å². The van der Waals surface area contributed by atoms with Gasteiger partial charge in [-0.3, -0.25) is 14.9 Å². The zero-order chi connectivity index (χ0) is 21.3. The lowest BCUT2D eigenvalue weighted by Crippen LogP contribution is -2.54. The van der Waals surface area contributed by atoms with Gasteiger partial charge in [-0.25, -0.2) is 9.69 Å². The topological polar surface area (TPSA) is 75.7 Å². The Bertz CT molecular complexity index is 1050. The minimum atomic E-state index is -0.871. The van der Waals surface area contributed by atoms with E-state index in [-0.39, 0.29) is 21.3 Å². The molecule has 2 aromatic rings. The number of nitrogens with zero attached hydrogens (tertiary/aromatic N) is 1. The lowest BCUT2D eigenvalue weighted by molar-refractivity contribution is -0.122. The molecule has 10 heteroatoms. The van der Waals surface area contributed by atoms with Crippen molar-refractivity contribution >= 4 is 84.7 Å². The van der Waals surface area contributed by atoms with Crippen LogP contribution in [-0.4, -0.2) is 24.5 Å². The quantitative estimate of drug-likeness (QED) is 0.390. The molecule has 0 unspecified atom stereocenters. The Morgan fingerprint density at radius 2 is 1.72 bits per heavy atom. The Kier molecular flexibility index (Phi) is 6.68. The molecule has 0 aromatic heterocycles. The first-order chi connectivity index (χ1) is 13.7. The summed E-state index contributed by atoms with van der Waals surface area (Å²) >= 11 is 18.7. The SMILES string of the molecule is CCOc1c(Br)cc(/C=C2\C(=O)NC(=O)N(c3ccc(Cl)c(Cl)c3)C2=O)cc1Br. The molecule has 3 rings (SSSR count). The number of carbonyl (C=O) groups is 3. The Labute approximate surface area is 193 Å². The molecule has 6 nitrogen and oxygen atoms in total. The fourth-order valence-corrected chi connectivity index (χ4v) is 4.37. The summed E-state index contributed by atoms with van der Waals surface area (Å²) in [5.41, 5.74) is 0.530. The Hall–Kier alpha value is -1.87. The van der Waals surface area contributed by atoms with Gasteiger partial charge >= 0.3 is 6.03 Å². The number of benzene rings is 2. The summed E-state index contributed by atoms with van der Waals surface area (Å²) in [4.78, 5) is 38.4. The van der Waals surface area contributed by atoms with Crippen molar-refractivity contribution in [3.8, 4) is 5.75 Å². The van der Waals surface area contributed by atoms with Gasteiger partial charge in [-0.15, -0.1) is 0 Å². The maximum Gasteiger partial charge on any atom is 0.335 e. The maximum atomic E-state index is 12.9. The van der Waals surface area contributed by atoms with E-state index in [1.165, 1.54) is 24.3 Å². The molecule has 1 aliphatic heterocycles. The van der Waals surface area contributed by atoms with Crippen LogP contribution in [0.2, 0.25) is 10.0 Å². The maximum absolute atomic E-state index is 12.9. The van der Waals surface area contributed by atoms with E-state index in [0.717, 1.165) is 4.90 Å². The number of halogens is 4. The first kappa shape index (κ1) is 21.8. The highest BCUT2D eigenvalue weighted by Crippen LogP contribution is 2.36. The van der Waals surface area contributed by atoms with Gasteiger partial charge in [0.1, 0.15) is 11.3 Å². The second kappa shape index (κ2) is 8.87. The van der Waals surface area contributed by atoms with Crippen molar-refractivity contribution in [2.24, 2.45) is 0 Å². The monoisotopic (exact) mass is 560 g/mol. The van der Waals surface area contributed by atoms with Crippen LogP contribution in [0, 0.1) is 0 Å². The average Bonchev–Trinajstić information content (AvgIpc) is 2.64. The standard InChI is InChI=1S/C19H12Br2Cl2N2O4/c1-2-29-16-12(20)6-9(7-13(16)21)5-11-17(26)24-19(28)25(18(11)27)10-3-4-14(22)15(23)8-10/h3-8H,2H2,1H3,(H,24,26,28)/b11-5+. The van der Waals surface area contributed by atoms with Gasteiger partial charge in [0.2, 0.25) is 0 Å². The third-order valence-corrected chi connectivity index (χ3v) is 5.80. The highest BCUT2D eigenvalue weighted by atomic mass is 79.9. The first-order valence-corrected chi connectivity index (χ1v) is 10.6. The molecule has 0 aliphatic carbocycles. The van der Waals surface area contributed by atoms with Crippen molar-refractivity contribution in [3.63, 3.8) is 0 Å². The molecule has 1 aliphatic rings. The van der Waals surface area contributed by atoms with Crippen molar-refractivity contribution in [1.82, 2.24) is 5.32 Å². The second-order valence-corrected chi connectivity index (χ2v) is 8.33. The van der Waals surface area contributed by atoms with E-state index in [4.69, 9.17) is 27.9 Å². The van der Waals surface area contributed by atoms with Gasteiger partial charge in [-0.05, 0) is 80.8 Å². The van der Waals surface area contributed by atoms with E-state index in [1.807, 2.05) is 6.92 Å². The van der Waals surface area contributed by atoms with E-state index in [1.54, 1.807) is 12.1 Å². The van der Waals surface area contributed by atoms with Crippen LogP contribution >= 0.6 is 55.1 Å². The number of ether oxygens (including phenoxy) is 1. The van der Waals surface area contributed by atoms with Crippen LogP contribution in [-0.2, 0) is 9.59 Å². The predicted molar refractivity (Wildman–Crippen MR) is 118 cm³/mol. The van der Waals surface area contributed by atoms with Crippen LogP contribution in [0.3, 0.4) is 0 Å². The van der Waals surface area contributed by atoms with E-state index < -0.39 is 17.8 Å². The highest BCUT2D eigenvalue weighted by Gasteiger charge is 2.37. The fourth-order valence-electron chi connectivity index (χ4n) is 2.63. The van der Waals surface area contributed by atoms with Gasteiger partial charge in [-0.1, -0.05) is 23.2 Å². The molecule has 150 valence electrons. The number of nitrogens with one attached hydrogen (secondary N) is 1. The van der Waals surface area contributed by atoms with Gasteiger partial charge in [0.15, 0.2) is 0 Å². The van der Waals surface area contributed by atoms with Crippen molar-refractivity contribution in [2.45, 2.75) is 6.92 Å². The van der Waals surface area contributed by atoms with Crippen LogP contribution in [0.25, 0.3) is 6.08 Å². The summed E-state index contributed by atoms with van der Waals surface area (Å²) in [7, 11) is 0. The molecule has 29 heavy (non-hydrogen) atoms. The molecule has 1 heterocycles. The van der Waals surface area contributed by atoms with Crippen LogP contribution < -0.4 is 15.0 Å². The number of hydrogen-bond donors (Lipinski definition) is 1. The number of urea groups is 1. The van der Waals surface area contributed by atoms with Gasteiger partial charge in [0, 0.05) is 0 Å². The normalized spacial score (nSPS) is 15.7. The number of barbiturate groups is 1. The highest BCUT2D eigenvalue weighted by molar-refractivity contribution is 9.11. The third-order valence-electron chi connectivity index (χ3n) is 3.88. The summed E-state index contributed by atoms with van der Waals surface area (Å²) in [5, 5.41) is 2.61. The smallest absolute Gasteiger partial charge is 0.335 e. The largest absolute Gasteiger partial charge is 0.492 e. The minimum Gasteiger partial charge on any atom is -0.492 e. The molecule has 0 radical (unpaired) electrons. The van der Waals surface area contributed by atoms with Gasteiger partial charge < -0.3 is 4.74 Å². The fraction of sp³-hybridized carbons (Fsp3) is 0.105. The second-order valence-electron chi connectivity index (χ2n) is 5.80. The molecular weight excluding hydrogens is 551 g/mol. The molecule has 2 aromatic carbocycles. The van der Waals surface area contributed by atoms with E-state index in [9.17, 15) is 14.4 Å². The van der Waals surface area contributed by atoms with Gasteiger partial charge in [-0.2, -0.15) is 0 Å². The minimum absolute atomic E-state index is 0.173. The summed E-state index contributed by atoms with van der Waals surface area (Å²) in [5.74, 6) is -0.975. The van der Waals surface area contributed by atoms with Gasteiger partial charge in [0.25, 0.3) is 11.8 Å². The predicted octanol–water partition coefficient (Wildman–Crippen LogP) is 5.58. The van der Waals surface area contributed by atoms with Crippen LogP contribution in [0.15, 0.2) is 44.9 Å². The first-order valence-electron chi connectivity index (χ1n) is 8.21. The van der Waals surface area contributed by atoms with Crippen molar-refractivity contribution < 1.29 is 19.1 Å². The van der Waals surface area contributed by atoms with Crippen molar-refractivity contribution in [1.29, 1.82) is 0 Å². The number of rotatable bonds is 4. The Morgan fingerprint density at radius 3 is 2.31 bits per heavy atom. The number of hydrogen-bond acceptors (Lipinski definition) is 4. The molecule has 0 atom stereocenters. The number of imide groups is 2. The average molecular weight is 563 g/mol. The molecule has 0 bridgehead atoms. The molecule has 1 fully saturated rings. The summed E-state index contributed by atoms with van der Waals surface area (Å²) in [6.45, 7) is 2.33. The zero-order valence-electron chi connectivity index (χ0n) is 14.8. The lowest BCUT2D eigenvalue weighted by atomic mass is 10.1.